The Kier molecular flexibility index (Phi) is 4.62. The third-order valence-electron chi connectivity index (χ3n) is 2.96. The summed E-state index contributed by atoms with van der Waals surface area (Å²) in [5, 5.41) is 2.61. The van der Waals surface area contributed by atoms with Gasteiger partial charge in [-0.15, -0.1) is 0 Å². The Morgan fingerprint density at radius 1 is 1.45 bits per heavy atom. The Morgan fingerprint density at radius 3 is 2.80 bits per heavy atom. The van der Waals surface area contributed by atoms with Crippen LogP contribution >= 0.6 is 10.7 Å². The third-order valence-corrected chi connectivity index (χ3v) is 4.31. The van der Waals surface area contributed by atoms with E-state index in [1.54, 1.807) is 0 Å². The van der Waals surface area contributed by atoms with Crippen LogP contribution in [0.1, 0.15) is 23.2 Å². The highest BCUT2D eigenvalue weighted by Crippen LogP contribution is 2.19. The van der Waals surface area contributed by atoms with Gasteiger partial charge in [-0.05, 0) is 31.0 Å². The first-order valence-corrected chi connectivity index (χ1v) is 8.31. The molecule has 20 heavy (non-hydrogen) atoms. The minimum atomic E-state index is -4.01. The molecule has 0 bridgehead atoms. The maximum atomic E-state index is 13.6. The van der Waals surface area contributed by atoms with E-state index in [0.29, 0.717) is 13.2 Å². The summed E-state index contributed by atoms with van der Waals surface area (Å²) in [5.41, 5.74) is -0.350. The summed E-state index contributed by atoms with van der Waals surface area (Å²) in [6.07, 6.45) is 1.55. The summed E-state index contributed by atoms with van der Waals surface area (Å²) in [7, 11) is 1.17. The predicted octanol–water partition coefficient (Wildman–Crippen LogP) is 1.66. The Bertz CT molecular complexity index is 614. The summed E-state index contributed by atoms with van der Waals surface area (Å²) in [5.74, 6) is -1.48. The quantitative estimate of drug-likeness (QED) is 0.859. The smallest absolute Gasteiger partial charge is 0.261 e. The maximum Gasteiger partial charge on any atom is 0.261 e. The van der Waals surface area contributed by atoms with Crippen molar-refractivity contribution in [3.8, 4) is 0 Å². The second-order valence-corrected chi connectivity index (χ2v) is 7.03. The number of ether oxygens (including phenoxy) is 1. The van der Waals surface area contributed by atoms with Gasteiger partial charge in [-0.2, -0.15) is 0 Å². The molecule has 1 amide bonds. The van der Waals surface area contributed by atoms with E-state index in [2.05, 4.69) is 5.32 Å². The largest absolute Gasteiger partial charge is 0.379 e. The zero-order chi connectivity index (χ0) is 14.8. The lowest BCUT2D eigenvalue weighted by Crippen LogP contribution is -2.40. The lowest BCUT2D eigenvalue weighted by atomic mass is 10.1. The van der Waals surface area contributed by atoms with E-state index in [1.165, 1.54) is 0 Å². The van der Waals surface area contributed by atoms with Crippen molar-refractivity contribution in [1.82, 2.24) is 5.32 Å². The van der Waals surface area contributed by atoms with Crippen molar-refractivity contribution in [1.29, 1.82) is 0 Å². The molecule has 1 aromatic carbocycles. The minimum absolute atomic E-state index is 0.202. The average molecular weight is 322 g/mol. The molecule has 8 heteroatoms. The molecule has 0 spiro atoms. The van der Waals surface area contributed by atoms with Crippen LogP contribution in [0.15, 0.2) is 23.1 Å². The standard InChI is InChI=1S/C12H13ClFNO4S/c13-20(17,18)9-3-4-11(14)10(6-9)12(16)15-8-2-1-5-19-7-8/h3-4,6,8H,1-2,5,7H2,(H,15,16). The van der Waals surface area contributed by atoms with Crippen molar-refractivity contribution in [3.63, 3.8) is 0 Å². The first kappa shape index (κ1) is 15.2. The van der Waals surface area contributed by atoms with Crippen LogP contribution in [0.5, 0.6) is 0 Å². The van der Waals surface area contributed by atoms with Crippen molar-refractivity contribution >= 4 is 25.6 Å². The number of rotatable bonds is 3. The molecule has 0 saturated carbocycles. The Labute approximate surface area is 120 Å². The molecule has 1 fully saturated rings. The monoisotopic (exact) mass is 321 g/mol. The van der Waals surface area contributed by atoms with Crippen LogP contribution in [0.25, 0.3) is 0 Å². The van der Waals surface area contributed by atoms with E-state index in [1.807, 2.05) is 0 Å². The van der Waals surface area contributed by atoms with Crippen molar-refractivity contribution in [2.45, 2.75) is 23.8 Å². The summed E-state index contributed by atoms with van der Waals surface area (Å²) < 4.78 is 41.2. The molecule has 1 aliphatic heterocycles. The van der Waals surface area contributed by atoms with Gasteiger partial charge >= 0.3 is 0 Å². The van der Waals surface area contributed by atoms with Crippen molar-refractivity contribution < 1.29 is 22.3 Å². The van der Waals surface area contributed by atoms with E-state index in [-0.39, 0.29) is 16.5 Å². The highest BCUT2D eigenvalue weighted by Gasteiger charge is 2.21. The van der Waals surface area contributed by atoms with Gasteiger partial charge in [-0.1, -0.05) is 0 Å². The SMILES string of the molecule is O=C(NC1CCCOC1)c1cc(S(=O)(=O)Cl)ccc1F. The fourth-order valence-corrected chi connectivity index (χ4v) is 2.72. The van der Waals surface area contributed by atoms with Gasteiger partial charge in [-0.25, -0.2) is 12.8 Å². The van der Waals surface area contributed by atoms with E-state index in [4.69, 9.17) is 15.4 Å². The van der Waals surface area contributed by atoms with Crippen LogP contribution in [-0.4, -0.2) is 33.6 Å². The number of hydrogen-bond donors (Lipinski definition) is 1. The molecule has 1 saturated heterocycles. The Morgan fingerprint density at radius 2 is 2.20 bits per heavy atom. The van der Waals surface area contributed by atoms with Crippen molar-refractivity contribution in [2.75, 3.05) is 13.2 Å². The van der Waals surface area contributed by atoms with Gasteiger partial charge in [-0.3, -0.25) is 4.79 Å². The number of benzene rings is 1. The molecule has 0 radical (unpaired) electrons. The molecule has 1 aliphatic rings. The number of halogens is 2. The van der Waals surface area contributed by atoms with E-state index < -0.39 is 20.8 Å². The van der Waals surface area contributed by atoms with E-state index in [0.717, 1.165) is 31.0 Å². The molecule has 1 heterocycles. The lowest BCUT2D eigenvalue weighted by molar-refractivity contribution is 0.0622. The summed E-state index contributed by atoms with van der Waals surface area (Å²) in [6.45, 7) is 1.00. The first-order valence-electron chi connectivity index (χ1n) is 6.01. The molecule has 1 atom stereocenters. The molecule has 5 nitrogen and oxygen atoms in total. The number of amides is 1. The molecular weight excluding hydrogens is 309 g/mol. The third kappa shape index (κ3) is 3.68. The second-order valence-electron chi connectivity index (χ2n) is 4.47. The highest BCUT2D eigenvalue weighted by atomic mass is 35.7. The zero-order valence-corrected chi connectivity index (χ0v) is 12.0. The summed E-state index contributed by atoms with van der Waals surface area (Å²) >= 11 is 0. The number of carbonyl (C=O) groups is 1. The number of hydrogen-bond acceptors (Lipinski definition) is 4. The average Bonchev–Trinajstić information content (AvgIpc) is 2.39. The Balaban J connectivity index is 2.20. The molecule has 0 aliphatic carbocycles. The maximum absolute atomic E-state index is 13.6. The Hall–Kier alpha value is -1.18. The molecule has 0 aromatic heterocycles. The molecule has 2 rings (SSSR count). The van der Waals surface area contributed by atoms with Crippen LogP contribution in [0.2, 0.25) is 0 Å². The van der Waals surface area contributed by atoms with Gasteiger partial charge < -0.3 is 10.1 Å². The van der Waals surface area contributed by atoms with Gasteiger partial charge in [0, 0.05) is 17.3 Å². The zero-order valence-electron chi connectivity index (χ0n) is 10.4. The molecule has 1 unspecified atom stereocenters. The minimum Gasteiger partial charge on any atom is -0.379 e. The topological polar surface area (TPSA) is 72.5 Å². The van der Waals surface area contributed by atoms with Crippen molar-refractivity contribution in [3.05, 3.63) is 29.6 Å². The van der Waals surface area contributed by atoms with Gasteiger partial charge in [0.2, 0.25) is 0 Å². The van der Waals surface area contributed by atoms with Gasteiger partial charge in [0.15, 0.2) is 0 Å². The van der Waals surface area contributed by atoms with Gasteiger partial charge in [0.05, 0.1) is 23.1 Å². The van der Waals surface area contributed by atoms with Crippen molar-refractivity contribution in [2.24, 2.45) is 0 Å². The molecular formula is C12H13ClFNO4S. The molecule has 110 valence electrons. The van der Waals surface area contributed by atoms with Gasteiger partial charge in [0.1, 0.15) is 5.82 Å². The number of nitrogens with one attached hydrogen (secondary N) is 1. The normalized spacial score (nSPS) is 19.6. The number of carbonyl (C=O) groups excluding carboxylic acids is 1. The second kappa shape index (κ2) is 6.07. The fraction of sp³-hybridized carbons (Fsp3) is 0.417. The van der Waals surface area contributed by atoms with Crippen LogP contribution in [0.4, 0.5) is 4.39 Å². The van der Waals surface area contributed by atoms with Crippen LogP contribution in [0, 0.1) is 5.82 Å². The van der Waals surface area contributed by atoms with E-state index >= 15 is 0 Å². The molecule has 1 aromatic rings. The predicted molar refractivity (Wildman–Crippen MR) is 70.7 cm³/mol. The van der Waals surface area contributed by atoms with E-state index in [9.17, 15) is 17.6 Å². The lowest BCUT2D eigenvalue weighted by Gasteiger charge is -2.23. The fourth-order valence-electron chi connectivity index (χ4n) is 1.95. The summed E-state index contributed by atoms with van der Waals surface area (Å²) in [6, 6.07) is 2.64. The van der Waals surface area contributed by atoms with Crippen LogP contribution < -0.4 is 5.32 Å². The molecule has 1 N–H and O–H groups in total. The summed E-state index contributed by atoms with van der Waals surface area (Å²) in [4.78, 5) is 11.7. The highest BCUT2D eigenvalue weighted by molar-refractivity contribution is 8.13. The van der Waals surface area contributed by atoms with Crippen LogP contribution in [0.3, 0.4) is 0 Å². The first-order chi connectivity index (χ1) is 9.38. The van der Waals surface area contributed by atoms with Gasteiger partial charge in [0.25, 0.3) is 15.0 Å². The van der Waals surface area contributed by atoms with Crippen LogP contribution in [-0.2, 0) is 13.8 Å².